The second-order valence-corrected chi connectivity index (χ2v) is 2.10. The topological polar surface area (TPSA) is 54.0 Å². The van der Waals surface area contributed by atoms with E-state index in [2.05, 4.69) is 18.9 Å². The molecule has 0 aliphatic heterocycles. The van der Waals surface area contributed by atoms with Crippen LogP contribution < -0.4 is 0 Å². The molecule has 0 saturated carbocycles. The second kappa shape index (κ2) is 14.7. The van der Waals surface area contributed by atoms with Gasteiger partial charge in [0.2, 0.25) is 0 Å². The first-order chi connectivity index (χ1) is 6.72. The molecule has 0 heterocycles. The van der Waals surface area contributed by atoms with Crippen molar-refractivity contribution in [3.8, 4) is 0 Å². The molecule has 0 atom stereocenters. The van der Waals surface area contributed by atoms with Crippen LogP contribution in [0.15, 0.2) is 0 Å². The quantitative estimate of drug-likeness (QED) is 0.505. The number of carbonyl (C=O) groups is 1. The molecular weight excluding hydrogens is 188 g/mol. The van der Waals surface area contributed by atoms with E-state index in [-0.39, 0.29) is 0 Å². The molecule has 0 spiro atoms. The minimum absolute atomic E-state index is 0.374. The highest BCUT2D eigenvalue weighted by atomic mass is 16.7. The minimum atomic E-state index is -0.588. The third-order valence-corrected chi connectivity index (χ3v) is 1.02. The van der Waals surface area contributed by atoms with E-state index < -0.39 is 6.16 Å². The van der Waals surface area contributed by atoms with Crippen LogP contribution in [-0.4, -0.2) is 46.8 Å². The molecule has 14 heavy (non-hydrogen) atoms. The van der Waals surface area contributed by atoms with Crippen LogP contribution in [0.4, 0.5) is 4.79 Å². The predicted octanol–water partition coefficient (Wildman–Crippen LogP) is 1.46. The van der Waals surface area contributed by atoms with Gasteiger partial charge in [0.05, 0.1) is 26.4 Å². The summed E-state index contributed by atoms with van der Waals surface area (Å²) in [4.78, 5) is 10.2. The molecule has 5 nitrogen and oxygen atoms in total. The molecule has 0 fully saturated rings. The van der Waals surface area contributed by atoms with Crippen molar-refractivity contribution in [1.29, 1.82) is 0 Å². The summed E-state index contributed by atoms with van der Waals surface area (Å²) in [6.07, 6.45) is -0.588. The Morgan fingerprint density at radius 2 is 1.29 bits per heavy atom. The summed E-state index contributed by atoms with van der Waals surface area (Å²) in [6, 6.07) is 0. The largest absolute Gasteiger partial charge is 0.508 e. The zero-order valence-corrected chi connectivity index (χ0v) is 9.37. The third kappa shape index (κ3) is 17.3. The Hall–Kier alpha value is -0.810. The fraction of sp³-hybridized carbons (Fsp3) is 0.889. The normalized spacial score (nSPS) is 8.57. The van der Waals surface area contributed by atoms with Gasteiger partial charge in [-0.2, -0.15) is 0 Å². The van der Waals surface area contributed by atoms with Crippen molar-refractivity contribution in [3.63, 3.8) is 0 Å². The Kier molecular flexibility index (Phi) is 16.4. The summed E-state index contributed by atoms with van der Waals surface area (Å²) in [5.41, 5.74) is 0. The van der Waals surface area contributed by atoms with E-state index in [9.17, 15) is 4.79 Å². The second-order valence-electron chi connectivity index (χ2n) is 2.10. The van der Waals surface area contributed by atoms with Gasteiger partial charge in [0.1, 0.15) is 0 Å². The number of rotatable bonds is 5. The molecule has 0 bridgehead atoms. The first-order valence-electron chi connectivity index (χ1n) is 4.50. The maximum absolute atomic E-state index is 10.2. The average Bonchev–Trinajstić information content (AvgIpc) is 2.16. The van der Waals surface area contributed by atoms with Crippen LogP contribution in [0.5, 0.6) is 0 Å². The highest BCUT2D eigenvalue weighted by Crippen LogP contribution is 1.81. The molecular formula is C9H20O5. The summed E-state index contributed by atoms with van der Waals surface area (Å²) in [7, 11) is 3.30. The van der Waals surface area contributed by atoms with Crippen molar-refractivity contribution >= 4 is 6.16 Å². The number of ether oxygens (including phenoxy) is 4. The monoisotopic (exact) mass is 208 g/mol. The lowest BCUT2D eigenvalue weighted by Crippen LogP contribution is -2.05. The Balaban J connectivity index is 0. The Labute approximate surface area is 85.3 Å². The van der Waals surface area contributed by atoms with E-state index in [4.69, 9.17) is 0 Å². The first-order valence-corrected chi connectivity index (χ1v) is 4.50. The van der Waals surface area contributed by atoms with Gasteiger partial charge < -0.3 is 18.9 Å². The average molecular weight is 208 g/mol. The van der Waals surface area contributed by atoms with E-state index >= 15 is 0 Å². The van der Waals surface area contributed by atoms with Gasteiger partial charge in [-0.05, 0) is 13.8 Å². The summed E-state index contributed by atoms with van der Waals surface area (Å²) < 4.78 is 18.2. The van der Waals surface area contributed by atoms with Gasteiger partial charge in [0, 0.05) is 14.2 Å². The molecule has 0 saturated heterocycles. The van der Waals surface area contributed by atoms with Gasteiger partial charge in [-0.1, -0.05) is 0 Å². The molecule has 0 aliphatic carbocycles. The predicted molar refractivity (Wildman–Crippen MR) is 52.4 cm³/mol. The van der Waals surface area contributed by atoms with Crippen molar-refractivity contribution < 1.29 is 23.7 Å². The van der Waals surface area contributed by atoms with Crippen molar-refractivity contribution in [1.82, 2.24) is 0 Å². The maximum Gasteiger partial charge on any atom is 0.508 e. The van der Waals surface area contributed by atoms with E-state index in [1.165, 1.54) is 0 Å². The van der Waals surface area contributed by atoms with Gasteiger partial charge in [0.15, 0.2) is 0 Å². The summed E-state index contributed by atoms with van der Waals surface area (Å²) >= 11 is 0. The SMILES string of the molecule is CCOC(=O)OCC.COCCOC. The number of carbonyl (C=O) groups excluding carboxylic acids is 1. The Bertz CT molecular complexity index is 104. The maximum atomic E-state index is 10.2. The molecule has 0 aromatic carbocycles. The van der Waals surface area contributed by atoms with Crippen LogP contribution in [0.25, 0.3) is 0 Å². The molecule has 86 valence electrons. The zero-order valence-electron chi connectivity index (χ0n) is 9.37. The molecule has 0 aliphatic rings. The van der Waals surface area contributed by atoms with E-state index in [1.807, 2.05) is 0 Å². The van der Waals surface area contributed by atoms with Crippen LogP contribution >= 0.6 is 0 Å². The van der Waals surface area contributed by atoms with Crippen molar-refractivity contribution in [2.24, 2.45) is 0 Å². The Morgan fingerprint density at radius 1 is 0.929 bits per heavy atom. The molecule has 5 heteroatoms. The van der Waals surface area contributed by atoms with Crippen molar-refractivity contribution in [2.75, 3.05) is 40.6 Å². The highest BCUT2D eigenvalue weighted by molar-refractivity contribution is 5.59. The van der Waals surface area contributed by atoms with Crippen LogP contribution in [0.2, 0.25) is 0 Å². The number of hydrogen-bond donors (Lipinski definition) is 0. The van der Waals surface area contributed by atoms with Gasteiger partial charge in [-0.25, -0.2) is 4.79 Å². The molecule has 0 aromatic rings. The van der Waals surface area contributed by atoms with Crippen LogP contribution in [0, 0.1) is 0 Å². The first kappa shape index (κ1) is 15.7. The summed E-state index contributed by atoms with van der Waals surface area (Å²) in [6.45, 7) is 5.60. The van der Waals surface area contributed by atoms with Crippen LogP contribution in [0.3, 0.4) is 0 Å². The molecule has 0 unspecified atom stereocenters. The van der Waals surface area contributed by atoms with E-state index in [1.54, 1.807) is 28.1 Å². The van der Waals surface area contributed by atoms with Gasteiger partial charge in [-0.15, -0.1) is 0 Å². The minimum Gasteiger partial charge on any atom is -0.435 e. The fourth-order valence-electron chi connectivity index (χ4n) is 0.444. The molecule has 0 amide bonds. The van der Waals surface area contributed by atoms with Gasteiger partial charge in [-0.3, -0.25) is 0 Å². The fourth-order valence-corrected chi connectivity index (χ4v) is 0.444. The number of methoxy groups -OCH3 is 2. The number of hydrogen-bond acceptors (Lipinski definition) is 5. The zero-order chi connectivity index (χ0) is 11.2. The summed E-state index contributed by atoms with van der Waals surface area (Å²) in [5, 5.41) is 0. The van der Waals surface area contributed by atoms with Crippen LogP contribution in [-0.2, 0) is 18.9 Å². The lowest BCUT2D eigenvalue weighted by molar-refractivity contribution is 0.0630. The van der Waals surface area contributed by atoms with E-state index in [0.717, 1.165) is 0 Å². The van der Waals surface area contributed by atoms with Crippen LogP contribution in [0.1, 0.15) is 13.8 Å². The summed E-state index contributed by atoms with van der Waals surface area (Å²) in [5.74, 6) is 0. The Morgan fingerprint density at radius 3 is 1.50 bits per heavy atom. The highest BCUT2D eigenvalue weighted by Gasteiger charge is 1.96. The molecule has 0 radical (unpaired) electrons. The molecule has 0 aromatic heterocycles. The van der Waals surface area contributed by atoms with Gasteiger partial charge >= 0.3 is 6.16 Å². The van der Waals surface area contributed by atoms with Crippen molar-refractivity contribution in [2.45, 2.75) is 13.8 Å². The third-order valence-electron chi connectivity index (χ3n) is 1.02. The molecule has 0 N–H and O–H groups in total. The standard InChI is InChI=1S/C5H10O3.C4H10O2/c1-3-7-5(6)8-4-2;1-5-3-4-6-2/h3-4H2,1-2H3;3-4H2,1-2H3. The lowest BCUT2D eigenvalue weighted by Gasteiger charge is -1.98. The van der Waals surface area contributed by atoms with Crippen molar-refractivity contribution in [3.05, 3.63) is 0 Å². The van der Waals surface area contributed by atoms with E-state index in [0.29, 0.717) is 26.4 Å². The lowest BCUT2D eigenvalue weighted by atomic mass is 10.8. The van der Waals surface area contributed by atoms with Gasteiger partial charge in [0.25, 0.3) is 0 Å². The molecule has 0 rings (SSSR count). The smallest absolute Gasteiger partial charge is 0.435 e.